The van der Waals surface area contributed by atoms with Crippen molar-refractivity contribution >= 4 is 33.2 Å². The molecule has 0 unspecified atom stereocenters. The van der Waals surface area contributed by atoms with Crippen molar-refractivity contribution in [2.24, 2.45) is 0 Å². The van der Waals surface area contributed by atoms with Crippen LogP contribution in [0.15, 0.2) is 47.4 Å². The van der Waals surface area contributed by atoms with Gasteiger partial charge in [0.05, 0.1) is 18.6 Å². The van der Waals surface area contributed by atoms with Crippen molar-refractivity contribution in [1.29, 1.82) is 0 Å². The van der Waals surface area contributed by atoms with E-state index in [1.807, 2.05) is 0 Å². The van der Waals surface area contributed by atoms with Gasteiger partial charge in [0, 0.05) is 24.8 Å². The quantitative estimate of drug-likeness (QED) is 0.766. The lowest BCUT2D eigenvalue weighted by Gasteiger charge is -2.20. The number of likely N-dealkylation sites (N-methyl/N-ethyl adjacent to an activating group) is 1. The molecule has 9 heteroatoms. The average Bonchev–Trinajstić information content (AvgIpc) is 2.67. The van der Waals surface area contributed by atoms with Gasteiger partial charge in [-0.05, 0) is 54.4 Å². The first kappa shape index (κ1) is 19.8. The molecule has 2 aromatic carbocycles. The maximum absolute atomic E-state index is 12.8. The van der Waals surface area contributed by atoms with Crippen LogP contribution < -0.4 is 15.4 Å². The summed E-state index contributed by atoms with van der Waals surface area (Å²) >= 11 is 0. The number of aryl methyl sites for hydroxylation is 1. The van der Waals surface area contributed by atoms with Crippen molar-refractivity contribution in [3.63, 3.8) is 0 Å². The van der Waals surface area contributed by atoms with E-state index in [-0.39, 0.29) is 17.3 Å². The number of carbonyl (C=O) groups excluding carboxylic acids is 2. The van der Waals surface area contributed by atoms with E-state index in [9.17, 15) is 18.0 Å². The summed E-state index contributed by atoms with van der Waals surface area (Å²) in [5, 5.41) is 5.37. The van der Waals surface area contributed by atoms with Crippen LogP contribution in [-0.2, 0) is 26.0 Å². The molecule has 0 saturated carbocycles. The number of nitrogens with one attached hydrogen (secondary N) is 2. The minimum Gasteiger partial charge on any atom is -0.497 e. The summed E-state index contributed by atoms with van der Waals surface area (Å²) in [6, 6.07) is 11.3. The molecule has 2 aromatic rings. The number of methoxy groups -OCH3 is 1. The molecule has 0 atom stereocenters. The molecule has 28 heavy (non-hydrogen) atoms. The third kappa shape index (κ3) is 4.32. The fraction of sp³-hybridized carbons (Fsp3) is 0.263. The largest absolute Gasteiger partial charge is 0.497 e. The summed E-state index contributed by atoms with van der Waals surface area (Å²) in [5.74, 6) is 0.109. The Labute approximate surface area is 163 Å². The summed E-state index contributed by atoms with van der Waals surface area (Å²) in [4.78, 5) is 23.7. The molecular formula is C19H21N3O5S. The Morgan fingerprint density at radius 1 is 1.18 bits per heavy atom. The fourth-order valence-corrected chi connectivity index (χ4v) is 4.04. The molecule has 0 radical (unpaired) electrons. The molecule has 1 aliphatic rings. The van der Waals surface area contributed by atoms with E-state index < -0.39 is 15.9 Å². The van der Waals surface area contributed by atoms with E-state index in [2.05, 4.69) is 10.6 Å². The average molecular weight is 403 g/mol. The van der Waals surface area contributed by atoms with Gasteiger partial charge >= 0.3 is 0 Å². The molecule has 0 saturated heterocycles. The maximum Gasteiger partial charge on any atom is 0.243 e. The summed E-state index contributed by atoms with van der Waals surface area (Å²) < 4.78 is 31.6. The summed E-state index contributed by atoms with van der Waals surface area (Å²) in [6.07, 6.45) is 0.794. The standard InChI is InChI=1S/C19H21N3O5S/c1-22(12-19(24)20-14-4-6-15(27-2)7-5-14)28(25,26)16-8-9-17-13(11-16)3-10-18(23)21-17/h4-9,11H,3,10,12H2,1-2H3,(H,20,24)(H,21,23). The molecule has 0 bridgehead atoms. The molecule has 2 amide bonds. The van der Waals surface area contributed by atoms with E-state index in [1.165, 1.54) is 13.1 Å². The zero-order chi connectivity index (χ0) is 20.3. The lowest BCUT2D eigenvalue weighted by molar-refractivity contribution is -0.117. The molecule has 0 aromatic heterocycles. The van der Waals surface area contributed by atoms with E-state index in [0.717, 1.165) is 9.87 Å². The molecule has 8 nitrogen and oxygen atoms in total. The first-order chi connectivity index (χ1) is 13.3. The molecule has 148 valence electrons. The minimum absolute atomic E-state index is 0.0853. The number of nitrogens with zero attached hydrogens (tertiary/aromatic N) is 1. The molecule has 0 fully saturated rings. The van der Waals surface area contributed by atoms with Crippen LogP contribution in [-0.4, -0.2) is 45.2 Å². The number of benzene rings is 2. The Balaban J connectivity index is 1.69. The first-order valence-electron chi connectivity index (χ1n) is 8.62. The molecule has 2 N–H and O–H groups in total. The highest BCUT2D eigenvalue weighted by molar-refractivity contribution is 7.89. The number of hydrogen-bond donors (Lipinski definition) is 2. The van der Waals surface area contributed by atoms with Gasteiger partial charge in [-0.2, -0.15) is 4.31 Å². The summed E-state index contributed by atoms with van der Waals surface area (Å²) in [7, 11) is -0.949. The third-order valence-corrected chi connectivity index (χ3v) is 6.22. The Bertz CT molecular complexity index is 1000. The van der Waals surface area contributed by atoms with E-state index in [4.69, 9.17) is 4.74 Å². The van der Waals surface area contributed by atoms with Crippen LogP contribution in [0.1, 0.15) is 12.0 Å². The van der Waals surface area contributed by atoms with Crippen LogP contribution >= 0.6 is 0 Å². The highest BCUT2D eigenvalue weighted by Crippen LogP contribution is 2.26. The lowest BCUT2D eigenvalue weighted by Crippen LogP contribution is -2.35. The van der Waals surface area contributed by atoms with Crippen molar-refractivity contribution in [3.05, 3.63) is 48.0 Å². The molecule has 0 aliphatic carbocycles. The smallest absolute Gasteiger partial charge is 0.243 e. The lowest BCUT2D eigenvalue weighted by atomic mass is 10.0. The Morgan fingerprint density at radius 2 is 1.89 bits per heavy atom. The number of anilines is 2. The van der Waals surface area contributed by atoms with Gasteiger partial charge in [0.15, 0.2) is 0 Å². The predicted octanol–water partition coefficient (Wildman–Crippen LogP) is 1.84. The number of fused-ring (bicyclic) bond motifs is 1. The third-order valence-electron chi connectivity index (χ3n) is 4.42. The molecular weight excluding hydrogens is 382 g/mol. The van der Waals surface area contributed by atoms with Crippen LogP contribution in [0.25, 0.3) is 0 Å². The highest BCUT2D eigenvalue weighted by atomic mass is 32.2. The zero-order valence-electron chi connectivity index (χ0n) is 15.6. The van der Waals surface area contributed by atoms with Gasteiger partial charge in [-0.1, -0.05) is 0 Å². The normalized spacial score (nSPS) is 13.6. The second-order valence-corrected chi connectivity index (χ2v) is 8.45. The number of sulfonamides is 1. The van der Waals surface area contributed by atoms with E-state index in [0.29, 0.717) is 30.0 Å². The highest BCUT2D eigenvalue weighted by Gasteiger charge is 2.25. The van der Waals surface area contributed by atoms with Gasteiger partial charge in [0.25, 0.3) is 0 Å². The maximum atomic E-state index is 12.8. The summed E-state index contributed by atoms with van der Waals surface area (Å²) in [6.45, 7) is -0.331. The molecule has 0 spiro atoms. The van der Waals surface area contributed by atoms with Crippen molar-refractivity contribution in [3.8, 4) is 5.75 Å². The molecule has 1 aliphatic heterocycles. The second-order valence-electron chi connectivity index (χ2n) is 6.40. The second kappa shape index (κ2) is 7.99. The number of ether oxygens (including phenoxy) is 1. The van der Waals surface area contributed by atoms with E-state index >= 15 is 0 Å². The zero-order valence-corrected chi connectivity index (χ0v) is 16.4. The van der Waals surface area contributed by atoms with Crippen molar-refractivity contribution in [2.45, 2.75) is 17.7 Å². The number of hydrogen-bond acceptors (Lipinski definition) is 5. The van der Waals surface area contributed by atoms with E-state index in [1.54, 1.807) is 43.5 Å². The Hall–Kier alpha value is -2.91. The van der Waals surface area contributed by atoms with Crippen LogP contribution in [0, 0.1) is 0 Å². The fourth-order valence-electron chi connectivity index (χ4n) is 2.86. The van der Waals surface area contributed by atoms with Gasteiger partial charge < -0.3 is 15.4 Å². The topological polar surface area (TPSA) is 105 Å². The van der Waals surface area contributed by atoms with Gasteiger partial charge in [0.1, 0.15) is 5.75 Å². The van der Waals surface area contributed by atoms with Crippen molar-refractivity contribution in [1.82, 2.24) is 4.31 Å². The van der Waals surface area contributed by atoms with Gasteiger partial charge in [0.2, 0.25) is 21.8 Å². The number of carbonyl (C=O) groups is 2. The molecule has 1 heterocycles. The Morgan fingerprint density at radius 3 is 2.57 bits per heavy atom. The number of rotatable bonds is 6. The van der Waals surface area contributed by atoms with Crippen molar-refractivity contribution in [2.75, 3.05) is 31.3 Å². The minimum atomic E-state index is -3.84. The van der Waals surface area contributed by atoms with Crippen LogP contribution in [0.4, 0.5) is 11.4 Å². The molecule has 3 rings (SSSR count). The van der Waals surface area contributed by atoms with Gasteiger partial charge in [-0.15, -0.1) is 0 Å². The summed E-state index contributed by atoms with van der Waals surface area (Å²) in [5.41, 5.74) is 1.92. The van der Waals surface area contributed by atoms with Crippen LogP contribution in [0.5, 0.6) is 5.75 Å². The first-order valence-corrected chi connectivity index (χ1v) is 10.1. The van der Waals surface area contributed by atoms with Crippen molar-refractivity contribution < 1.29 is 22.7 Å². The van der Waals surface area contributed by atoms with Gasteiger partial charge in [-0.3, -0.25) is 9.59 Å². The van der Waals surface area contributed by atoms with Crippen LogP contribution in [0.3, 0.4) is 0 Å². The predicted molar refractivity (Wildman–Crippen MR) is 105 cm³/mol. The van der Waals surface area contributed by atoms with Gasteiger partial charge in [-0.25, -0.2) is 8.42 Å². The van der Waals surface area contributed by atoms with Crippen LogP contribution in [0.2, 0.25) is 0 Å². The SMILES string of the molecule is COc1ccc(NC(=O)CN(C)S(=O)(=O)c2ccc3c(c2)CCC(=O)N3)cc1. The number of amides is 2. The monoisotopic (exact) mass is 403 g/mol. The Kier molecular flexibility index (Phi) is 5.66.